The summed E-state index contributed by atoms with van der Waals surface area (Å²) < 4.78 is 22.0. The molecule has 0 saturated heterocycles. The third-order valence-electron chi connectivity index (χ3n) is 7.75. The molecule has 0 aliphatic carbocycles. The molecule has 1 aromatic rings. The van der Waals surface area contributed by atoms with Crippen molar-refractivity contribution in [3.05, 3.63) is 29.6 Å². The van der Waals surface area contributed by atoms with Crippen LogP contribution < -0.4 is 76.7 Å². The van der Waals surface area contributed by atoms with E-state index in [0.29, 0.717) is 23.9 Å². The molecule has 1 rings (SSSR count). The molecular formula is C29H54FI3N3O-3. The average Bonchev–Trinajstić information content (AvgIpc) is 2.84. The van der Waals surface area contributed by atoms with Crippen LogP contribution in [0, 0.1) is 12.7 Å². The molecule has 222 valence electrons. The quantitative estimate of drug-likeness (QED) is 0.163. The Morgan fingerprint density at radius 3 is 1.32 bits per heavy atom. The highest BCUT2D eigenvalue weighted by molar-refractivity contribution is 5.29. The van der Waals surface area contributed by atoms with Crippen molar-refractivity contribution in [2.75, 3.05) is 39.3 Å². The maximum Gasteiger partial charge on any atom is 0.165 e. The molecule has 8 heteroatoms. The SMILES string of the molecule is CCC(C)N(CC)CC(CN(CC)C(C)CC)(CN(CC)C(C)CC)Oc1ccc(C)cc1F.[I-].[I-].[I-]. The van der Waals surface area contributed by atoms with E-state index in [2.05, 4.69) is 77.0 Å². The summed E-state index contributed by atoms with van der Waals surface area (Å²) in [7, 11) is 0. The van der Waals surface area contributed by atoms with Crippen molar-refractivity contribution in [2.24, 2.45) is 0 Å². The Balaban J connectivity index is -0.00000385. The minimum atomic E-state index is -0.561. The second-order valence-electron chi connectivity index (χ2n) is 10.2. The fraction of sp³-hybridized carbons (Fsp3) is 0.793. The van der Waals surface area contributed by atoms with Crippen LogP contribution in [-0.2, 0) is 0 Å². The summed E-state index contributed by atoms with van der Waals surface area (Å²) in [5.41, 5.74) is 0.351. The summed E-state index contributed by atoms with van der Waals surface area (Å²) >= 11 is 0. The number of likely N-dealkylation sites (N-methyl/N-ethyl adjacent to an activating group) is 3. The molecule has 0 fully saturated rings. The maximum atomic E-state index is 15.1. The number of hydrogen-bond donors (Lipinski definition) is 0. The van der Waals surface area contributed by atoms with Crippen LogP contribution in [0.1, 0.15) is 87.1 Å². The van der Waals surface area contributed by atoms with Crippen LogP contribution in [0.5, 0.6) is 5.75 Å². The fourth-order valence-electron chi connectivity index (χ4n) is 4.79. The molecule has 0 saturated carbocycles. The molecule has 0 aliphatic heterocycles. The molecule has 1 aromatic carbocycles. The molecule has 3 unspecified atom stereocenters. The molecular weight excluding hydrogens is 806 g/mol. The molecule has 0 aliphatic rings. The van der Waals surface area contributed by atoms with Gasteiger partial charge < -0.3 is 76.7 Å². The predicted molar refractivity (Wildman–Crippen MR) is 145 cm³/mol. The number of benzene rings is 1. The summed E-state index contributed by atoms with van der Waals surface area (Å²) in [5, 5.41) is 0. The van der Waals surface area contributed by atoms with E-state index in [1.54, 1.807) is 6.07 Å². The number of halogens is 4. The number of aryl methyl sites for hydroxylation is 1. The molecule has 0 heterocycles. The summed E-state index contributed by atoms with van der Waals surface area (Å²) in [6.45, 7) is 27.3. The summed E-state index contributed by atoms with van der Waals surface area (Å²) in [6.07, 6.45) is 3.23. The Morgan fingerprint density at radius 1 is 0.703 bits per heavy atom. The van der Waals surface area contributed by atoms with Crippen molar-refractivity contribution in [1.82, 2.24) is 14.7 Å². The standard InChI is InChI=1S/C29H54FN3O.3HI/c1-11-24(8)31(14-4)20-29(21-32(15-5)25(9)12-2,22-33(16-6)26(10)13-3)34-28-18-17-23(7)19-27(28)30;;;/h17-19,24-26H,11-16,20-22H2,1-10H3;3*1H/p-3. The zero-order valence-corrected chi connectivity index (χ0v) is 31.6. The minimum absolute atomic E-state index is 0. The first-order valence-electron chi connectivity index (χ1n) is 13.8. The molecule has 0 N–H and O–H groups in total. The van der Waals surface area contributed by atoms with Crippen molar-refractivity contribution < 1.29 is 81.1 Å². The Bertz CT molecular complexity index is 663. The lowest BCUT2D eigenvalue weighted by Crippen LogP contribution is -3.00. The Kier molecular flexibility index (Phi) is 24.9. The molecule has 0 spiro atoms. The van der Waals surface area contributed by atoms with E-state index in [4.69, 9.17) is 4.74 Å². The van der Waals surface area contributed by atoms with E-state index in [1.807, 2.05) is 19.1 Å². The van der Waals surface area contributed by atoms with Crippen molar-refractivity contribution in [2.45, 2.75) is 112 Å². The smallest absolute Gasteiger partial charge is 0.165 e. The van der Waals surface area contributed by atoms with Gasteiger partial charge in [-0.1, -0.05) is 47.6 Å². The van der Waals surface area contributed by atoms with Gasteiger partial charge in [0.05, 0.1) is 0 Å². The van der Waals surface area contributed by atoms with Crippen molar-refractivity contribution in [3.8, 4) is 5.75 Å². The zero-order valence-electron chi connectivity index (χ0n) is 25.1. The average molecular weight is 860 g/mol. The van der Waals surface area contributed by atoms with Crippen LogP contribution in [0.2, 0.25) is 0 Å². The van der Waals surface area contributed by atoms with Gasteiger partial charge in [-0.25, -0.2) is 4.39 Å². The van der Waals surface area contributed by atoms with Gasteiger partial charge in [0.25, 0.3) is 0 Å². The second kappa shape index (κ2) is 21.7. The van der Waals surface area contributed by atoms with Crippen molar-refractivity contribution in [1.29, 1.82) is 0 Å². The van der Waals surface area contributed by atoms with Crippen LogP contribution in [0.3, 0.4) is 0 Å². The number of rotatable bonds is 17. The van der Waals surface area contributed by atoms with E-state index in [1.165, 1.54) is 0 Å². The monoisotopic (exact) mass is 860 g/mol. The molecule has 0 amide bonds. The van der Waals surface area contributed by atoms with E-state index in [-0.39, 0.29) is 77.7 Å². The highest BCUT2D eigenvalue weighted by Gasteiger charge is 2.40. The van der Waals surface area contributed by atoms with Gasteiger partial charge in [0.2, 0.25) is 0 Å². The fourth-order valence-corrected chi connectivity index (χ4v) is 4.79. The van der Waals surface area contributed by atoms with Crippen LogP contribution in [0.15, 0.2) is 18.2 Å². The summed E-state index contributed by atoms with van der Waals surface area (Å²) in [4.78, 5) is 7.54. The van der Waals surface area contributed by atoms with Crippen molar-refractivity contribution >= 4 is 0 Å². The number of nitrogens with zero attached hydrogens (tertiary/aromatic N) is 3. The highest BCUT2D eigenvalue weighted by atomic mass is 127. The Labute approximate surface area is 280 Å². The lowest BCUT2D eigenvalue weighted by Gasteiger charge is -2.47. The minimum Gasteiger partial charge on any atom is -1.00 e. The summed E-state index contributed by atoms with van der Waals surface area (Å²) in [6, 6.07) is 6.67. The number of hydrogen-bond acceptors (Lipinski definition) is 4. The van der Waals surface area contributed by atoms with Crippen LogP contribution in [0.25, 0.3) is 0 Å². The van der Waals surface area contributed by atoms with Gasteiger partial charge in [-0.2, -0.15) is 0 Å². The molecule has 3 atom stereocenters. The highest BCUT2D eigenvalue weighted by Crippen LogP contribution is 2.28. The van der Waals surface area contributed by atoms with Gasteiger partial charge in [-0.3, -0.25) is 14.7 Å². The number of ether oxygens (including phenoxy) is 1. The van der Waals surface area contributed by atoms with Gasteiger partial charge >= 0.3 is 0 Å². The van der Waals surface area contributed by atoms with Crippen LogP contribution in [-0.4, -0.2) is 77.7 Å². The lowest BCUT2D eigenvalue weighted by atomic mass is 9.96. The van der Waals surface area contributed by atoms with Gasteiger partial charge in [0.15, 0.2) is 11.6 Å². The third-order valence-corrected chi connectivity index (χ3v) is 7.75. The van der Waals surface area contributed by atoms with Gasteiger partial charge in [0, 0.05) is 37.8 Å². The lowest BCUT2D eigenvalue weighted by molar-refractivity contribution is -0.0475. The topological polar surface area (TPSA) is 19.0 Å². The maximum absolute atomic E-state index is 15.1. The van der Waals surface area contributed by atoms with E-state index in [0.717, 1.165) is 64.1 Å². The van der Waals surface area contributed by atoms with Gasteiger partial charge in [-0.05, 0) is 84.3 Å². The normalized spacial score (nSPS) is 15.3. The molecule has 37 heavy (non-hydrogen) atoms. The molecule has 0 bridgehead atoms. The van der Waals surface area contributed by atoms with Gasteiger partial charge in [-0.15, -0.1) is 0 Å². The predicted octanol–water partition coefficient (Wildman–Crippen LogP) is -2.38. The molecule has 4 nitrogen and oxygen atoms in total. The first-order valence-corrected chi connectivity index (χ1v) is 13.8. The zero-order chi connectivity index (χ0) is 25.9. The Hall–Kier alpha value is 1.02. The third kappa shape index (κ3) is 13.5. The van der Waals surface area contributed by atoms with Crippen LogP contribution >= 0.6 is 0 Å². The first kappa shape index (κ1) is 42.5. The largest absolute Gasteiger partial charge is 1.00 e. The van der Waals surface area contributed by atoms with Crippen molar-refractivity contribution in [3.63, 3.8) is 0 Å². The second-order valence-corrected chi connectivity index (χ2v) is 10.2. The first-order chi connectivity index (χ1) is 16.1. The van der Waals surface area contributed by atoms with E-state index in [9.17, 15) is 0 Å². The Morgan fingerprint density at radius 2 is 1.05 bits per heavy atom. The van der Waals surface area contributed by atoms with Crippen LogP contribution in [0.4, 0.5) is 4.39 Å². The summed E-state index contributed by atoms with van der Waals surface area (Å²) in [5.74, 6) is 0.0976. The van der Waals surface area contributed by atoms with E-state index < -0.39 is 5.60 Å². The molecule has 0 aromatic heterocycles. The van der Waals surface area contributed by atoms with E-state index >= 15 is 4.39 Å². The molecule has 0 radical (unpaired) electrons. The van der Waals surface area contributed by atoms with Gasteiger partial charge in [0.1, 0.15) is 5.60 Å².